The van der Waals surface area contributed by atoms with Crippen LogP contribution in [0.3, 0.4) is 0 Å². The van der Waals surface area contributed by atoms with Crippen LogP contribution in [0.25, 0.3) is 10.9 Å². The van der Waals surface area contributed by atoms with Gasteiger partial charge in [-0.15, -0.1) is 12.4 Å². The molecule has 1 aliphatic rings. The van der Waals surface area contributed by atoms with Crippen LogP contribution in [-0.2, 0) is 7.05 Å². The summed E-state index contributed by atoms with van der Waals surface area (Å²) in [5.41, 5.74) is 0.756. The number of benzene rings is 1. The Kier molecular flexibility index (Phi) is 5.20. The van der Waals surface area contributed by atoms with Crippen LogP contribution in [0.2, 0.25) is 0 Å². The maximum atomic E-state index is 12.3. The zero-order chi connectivity index (χ0) is 13.9. The second-order valence-electron chi connectivity index (χ2n) is 5.39. The molecule has 0 unspecified atom stereocenters. The minimum Gasteiger partial charge on any atom is -0.355 e. The largest absolute Gasteiger partial charge is 0.355 e. The molecule has 1 aliphatic heterocycles. The Balaban J connectivity index is 0.00000161. The summed E-state index contributed by atoms with van der Waals surface area (Å²) in [6.45, 7) is 3.03. The highest BCUT2D eigenvalue weighted by Gasteiger charge is 2.14. The van der Waals surface area contributed by atoms with Crippen molar-refractivity contribution in [3.63, 3.8) is 0 Å². The zero-order valence-corrected chi connectivity index (χ0v) is 12.9. The second kappa shape index (κ2) is 6.91. The van der Waals surface area contributed by atoms with Crippen LogP contribution in [-0.4, -0.2) is 29.2 Å². The number of fused-ring (bicyclic) bond motifs is 1. The fraction of sp³-hybridized carbons (Fsp3) is 0.467. The number of nitrogens with zero attached hydrogens (tertiary/aromatic N) is 2. The molecule has 2 N–H and O–H groups in total. The minimum absolute atomic E-state index is 0. The van der Waals surface area contributed by atoms with Gasteiger partial charge in [0.1, 0.15) is 0 Å². The van der Waals surface area contributed by atoms with Crippen LogP contribution in [0.5, 0.6) is 0 Å². The molecule has 2 aromatic rings. The molecule has 1 aromatic carbocycles. The highest BCUT2D eigenvalue weighted by Crippen LogP contribution is 2.14. The summed E-state index contributed by atoms with van der Waals surface area (Å²) < 4.78 is 1.60. The van der Waals surface area contributed by atoms with Crippen molar-refractivity contribution in [1.29, 1.82) is 0 Å². The number of rotatable bonds is 3. The van der Waals surface area contributed by atoms with Gasteiger partial charge in [0.2, 0.25) is 5.95 Å². The van der Waals surface area contributed by atoms with Crippen molar-refractivity contribution >= 4 is 29.3 Å². The van der Waals surface area contributed by atoms with Crippen LogP contribution >= 0.6 is 12.4 Å². The second-order valence-corrected chi connectivity index (χ2v) is 5.39. The van der Waals surface area contributed by atoms with E-state index in [0.29, 0.717) is 17.3 Å². The molecule has 3 rings (SSSR count). The monoisotopic (exact) mass is 308 g/mol. The zero-order valence-electron chi connectivity index (χ0n) is 12.1. The lowest BCUT2D eigenvalue weighted by Crippen LogP contribution is -2.32. The van der Waals surface area contributed by atoms with Crippen molar-refractivity contribution < 1.29 is 0 Å². The third-order valence-electron chi connectivity index (χ3n) is 3.99. The van der Waals surface area contributed by atoms with Gasteiger partial charge in [-0.1, -0.05) is 12.1 Å². The average Bonchev–Trinajstić information content (AvgIpc) is 2.50. The predicted octanol–water partition coefficient (Wildman–Crippen LogP) is 1.77. The van der Waals surface area contributed by atoms with Gasteiger partial charge in [0.05, 0.1) is 10.9 Å². The number of hydrogen-bond acceptors (Lipinski definition) is 4. The summed E-state index contributed by atoms with van der Waals surface area (Å²) in [6.07, 6.45) is 2.35. The van der Waals surface area contributed by atoms with E-state index in [0.717, 1.165) is 25.2 Å². The third-order valence-corrected chi connectivity index (χ3v) is 3.99. The molecule has 0 aliphatic carbocycles. The van der Waals surface area contributed by atoms with E-state index in [1.165, 1.54) is 12.8 Å². The first-order valence-electron chi connectivity index (χ1n) is 7.16. The fourth-order valence-corrected chi connectivity index (χ4v) is 2.70. The SMILES string of the molecule is Cl.Cn1c(NCC2CCNCC2)nc2ccccc2c1=O. The van der Waals surface area contributed by atoms with E-state index in [1.807, 2.05) is 24.3 Å². The third kappa shape index (κ3) is 3.36. The molecule has 114 valence electrons. The summed E-state index contributed by atoms with van der Waals surface area (Å²) in [4.78, 5) is 16.8. The van der Waals surface area contributed by atoms with Gasteiger partial charge in [-0.3, -0.25) is 9.36 Å². The van der Waals surface area contributed by atoms with Crippen molar-refractivity contribution in [2.75, 3.05) is 25.0 Å². The summed E-state index contributed by atoms with van der Waals surface area (Å²) >= 11 is 0. The topological polar surface area (TPSA) is 59.0 Å². The van der Waals surface area contributed by atoms with E-state index in [-0.39, 0.29) is 18.0 Å². The molecular formula is C15H21ClN4O. The normalized spacial score (nSPS) is 15.7. The van der Waals surface area contributed by atoms with Crippen molar-refractivity contribution in [2.24, 2.45) is 13.0 Å². The van der Waals surface area contributed by atoms with Gasteiger partial charge >= 0.3 is 0 Å². The molecule has 0 amide bonds. The van der Waals surface area contributed by atoms with Crippen LogP contribution in [0, 0.1) is 5.92 Å². The van der Waals surface area contributed by atoms with Crippen molar-refractivity contribution in [1.82, 2.24) is 14.9 Å². The first kappa shape index (κ1) is 15.8. The van der Waals surface area contributed by atoms with Gasteiger partial charge in [-0.05, 0) is 44.0 Å². The first-order chi connectivity index (χ1) is 9.75. The predicted molar refractivity (Wildman–Crippen MR) is 88.3 cm³/mol. The number of aromatic nitrogens is 2. The number of piperidine rings is 1. The fourth-order valence-electron chi connectivity index (χ4n) is 2.70. The molecule has 1 saturated heterocycles. The Labute approximate surface area is 130 Å². The lowest BCUT2D eigenvalue weighted by molar-refractivity contribution is 0.389. The average molecular weight is 309 g/mol. The Morgan fingerprint density at radius 1 is 1.33 bits per heavy atom. The maximum Gasteiger partial charge on any atom is 0.262 e. The Bertz CT molecular complexity index is 664. The standard InChI is InChI=1S/C15H20N4O.ClH/c1-19-14(20)12-4-2-3-5-13(12)18-15(19)17-10-11-6-8-16-9-7-11;/h2-5,11,16H,6-10H2,1H3,(H,17,18);1H. The molecule has 6 heteroatoms. The van der Waals surface area contributed by atoms with Crippen molar-refractivity contribution in [2.45, 2.75) is 12.8 Å². The number of anilines is 1. The molecule has 2 heterocycles. The highest BCUT2D eigenvalue weighted by molar-refractivity contribution is 5.85. The number of halogens is 1. The van der Waals surface area contributed by atoms with Gasteiger partial charge in [0.25, 0.3) is 5.56 Å². The summed E-state index contributed by atoms with van der Waals surface area (Å²) in [6, 6.07) is 7.48. The Morgan fingerprint density at radius 3 is 2.81 bits per heavy atom. The van der Waals surface area contributed by atoms with Crippen LogP contribution in [0.1, 0.15) is 12.8 Å². The number of hydrogen-bond donors (Lipinski definition) is 2. The number of para-hydroxylation sites is 1. The Hall–Kier alpha value is -1.59. The van der Waals surface area contributed by atoms with Crippen molar-refractivity contribution in [3.8, 4) is 0 Å². The van der Waals surface area contributed by atoms with Gasteiger partial charge in [0.15, 0.2) is 0 Å². The van der Waals surface area contributed by atoms with Gasteiger partial charge in [-0.2, -0.15) is 0 Å². The van der Waals surface area contributed by atoms with Crippen molar-refractivity contribution in [3.05, 3.63) is 34.6 Å². The molecule has 0 atom stereocenters. The Morgan fingerprint density at radius 2 is 2.05 bits per heavy atom. The van der Waals surface area contributed by atoms with E-state index < -0.39 is 0 Å². The first-order valence-corrected chi connectivity index (χ1v) is 7.16. The van der Waals surface area contributed by atoms with Crippen LogP contribution < -0.4 is 16.2 Å². The minimum atomic E-state index is 0. The molecule has 0 bridgehead atoms. The molecular weight excluding hydrogens is 288 g/mol. The molecule has 1 aromatic heterocycles. The summed E-state index contributed by atoms with van der Waals surface area (Å²) in [7, 11) is 1.77. The molecule has 0 radical (unpaired) electrons. The maximum absolute atomic E-state index is 12.3. The van der Waals surface area contributed by atoms with E-state index in [2.05, 4.69) is 15.6 Å². The number of nitrogens with one attached hydrogen (secondary N) is 2. The van der Waals surface area contributed by atoms with E-state index >= 15 is 0 Å². The van der Waals surface area contributed by atoms with E-state index in [9.17, 15) is 4.79 Å². The van der Waals surface area contributed by atoms with E-state index in [1.54, 1.807) is 11.6 Å². The molecule has 1 fully saturated rings. The summed E-state index contributed by atoms with van der Waals surface area (Å²) in [5.74, 6) is 1.31. The molecule has 21 heavy (non-hydrogen) atoms. The highest BCUT2D eigenvalue weighted by atomic mass is 35.5. The van der Waals surface area contributed by atoms with Gasteiger partial charge < -0.3 is 10.6 Å². The lowest BCUT2D eigenvalue weighted by Gasteiger charge is -2.23. The quantitative estimate of drug-likeness (QED) is 0.907. The molecule has 0 saturated carbocycles. The molecule has 0 spiro atoms. The van der Waals surface area contributed by atoms with E-state index in [4.69, 9.17) is 0 Å². The summed E-state index contributed by atoms with van der Waals surface area (Å²) in [5, 5.41) is 7.37. The van der Waals surface area contributed by atoms with Crippen LogP contribution in [0.4, 0.5) is 5.95 Å². The van der Waals surface area contributed by atoms with Gasteiger partial charge in [-0.25, -0.2) is 4.98 Å². The molecule has 5 nitrogen and oxygen atoms in total. The smallest absolute Gasteiger partial charge is 0.262 e. The van der Waals surface area contributed by atoms with Crippen LogP contribution in [0.15, 0.2) is 29.1 Å². The lowest BCUT2D eigenvalue weighted by atomic mass is 9.98. The van der Waals surface area contributed by atoms with Gasteiger partial charge in [0, 0.05) is 13.6 Å².